The molecule has 0 saturated heterocycles. The van der Waals surface area contributed by atoms with Crippen molar-refractivity contribution in [1.82, 2.24) is 5.32 Å². The Kier molecular flexibility index (Phi) is 46.7. The van der Waals surface area contributed by atoms with Gasteiger partial charge in [0, 0.05) is 6.42 Å². The number of ether oxygens (including phenoxy) is 1. The Bertz CT molecular complexity index is 1200. The third-order valence-electron chi connectivity index (χ3n) is 11.2. The van der Waals surface area contributed by atoms with Gasteiger partial charge in [0.05, 0.1) is 25.2 Å². The van der Waals surface area contributed by atoms with E-state index >= 15 is 0 Å². The number of nitrogens with one attached hydrogen (secondary N) is 1. The number of hydrogen-bond acceptors (Lipinski definition) is 5. The Morgan fingerprint density at radius 2 is 0.823 bits per heavy atom. The zero-order chi connectivity index (χ0) is 45.2. The van der Waals surface area contributed by atoms with E-state index in [9.17, 15) is 19.8 Å². The number of allylic oxidation sites excluding steroid dienone is 14. The molecule has 0 aliphatic carbocycles. The van der Waals surface area contributed by atoms with E-state index in [0.29, 0.717) is 19.3 Å². The molecule has 6 heteroatoms. The molecule has 0 radical (unpaired) electrons. The SMILES string of the molecule is CCCCC/C=C\C/C=C\C/C=C\C/C=C\CCCCCC(=O)OC(CCCC/C=C\C/C=C\C/C=C\CCCCC)CC(=O)NC(CO)C(O)CCCCCCCCCCC. The number of carbonyl (C=O) groups excluding carboxylic acids is 2. The topological polar surface area (TPSA) is 95.9 Å². The number of hydrogen-bond donors (Lipinski definition) is 3. The Morgan fingerprint density at radius 1 is 0.468 bits per heavy atom. The number of unbranched alkanes of at least 4 members (excludes halogenated alkanes) is 19. The Hall–Kier alpha value is -2.96. The van der Waals surface area contributed by atoms with Crippen LogP contribution in [-0.2, 0) is 14.3 Å². The van der Waals surface area contributed by atoms with Crippen LogP contribution in [-0.4, -0.2) is 46.9 Å². The summed E-state index contributed by atoms with van der Waals surface area (Å²) in [6.07, 6.45) is 63.6. The number of esters is 1. The molecule has 0 aromatic rings. The first-order chi connectivity index (χ1) is 30.5. The molecule has 62 heavy (non-hydrogen) atoms. The fraction of sp³-hybridized carbons (Fsp3) is 0.714. The standard InChI is InChI=1S/C56H97NO5/c1-4-7-10-13-16-19-21-23-25-26-27-28-30-32-34-37-40-43-46-49-56(61)62-52(47-44-41-38-36-33-31-29-24-22-20-17-14-11-8-5-2)50-55(60)57-53(51-58)54(59)48-45-42-39-35-18-15-12-9-6-3/h16-17,19-20,23-25,27-29,32-34,36,52-54,58-59H,4-15,18,21-22,26,30-31,35,37-51H2,1-3H3,(H,57,60)/b19-16-,20-17-,25-23-,28-27-,29-24-,34-32-,36-33-. The monoisotopic (exact) mass is 864 g/mol. The van der Waals surface area contributed by atoms with Crippen molar-refractivity contribution < 1.29 is 24.5 Å². The molecular weight excluding hydrogens is 767 g/mol. The van der Waals surface area contributed by atoms with E-state index in [1.54, 1.807) is 0 Å². The summed E-state index contributed by atoms with van der Waals surface area (Å²) in [5.74, 6) is -0.554. The maximum absolute atomic E-state index is 13.2. The summed E-state index contributed by atoms with van der Waals surface area (Å²) in [6.45, 7) is 6.38. The molecule has 0 heterocycles. The van der Waals surface area contributed by atoms with Crippen LogP contribution in [0.25, 0.3) is 0 Å². The quantitative estimate of drug-likeness (QED) is 0.0322. The second-order valence-corrected chi connectivity index (χ2v) is 17.2. The highest BCUT2D eigenvalue weighted by atomic mass is 16.5. The molecule has 0 rings (SSSR count). The molecule has 0 aromatic heterocycles. The minimum Gasteiger partial charge on any atom is -0.462 e. The summed E-state index contributed by atoms with van der Waals surface area (Å²) >= 11 is 0. The van der Waals surface area contributed by atoms with Gasteiger partial charge in [-0.05, 0) is 109 Å². The third-order valence-corrected chi connectivity index (χ3v) is 11.2. The average molecular weight is 864 g/mol. The first-order valence-corrected chi connectivity index (χ1v) is 25.8. The molecule has 6 nitrogen and oxygen atoms in total. The predicted molar refractivity (Wildman–Crippen MR) is 268 cm³/mol. The molecule has 3 N–H and O–H groups in total. The van der Waals surface area contributed by atoms with Crippen LogP contribution in [0, 0.1) is 0 Å². The lowest BCUT2D eigenvalue weighted by Crippen LogP contribution is -2.46. The summed E-state index contributed by atoms with van der Waals surface area (Å²) < 4.78 is 5.90. The molecule has 3 unspecified atom stereocenters. The molecule has 1 amide bonds. The van der Waals surface area contributed by atoms with Gasteiger partial charge in [0.25, 0.3) is 0 Å². The van der Waals surface area contributed by atoms with Crippen molar-refractivity contribution in [3.8, 4) is 0 Å². The zero-order valence-electron chi connectivity index (χ0n) is 40.5. The van der Waals surface area contributed by atoms with Crippen LogP contribution < -0.4 is 5.32 Å². The van der Waals surface area contributed by atoms with Crippen molar-refractivity contribution in [2.24, 2.45) is 0 Å². The van der Waals surface area contributed by atoms with Crippen LogP contribution in [0.5, 0.6) is 0 Å². The Balaban J connectivity index is 4.71. The first-order valence-electron chi connectivity index (χ1n) is 25.8. The largest absolute Gasteiger partial charge is 0.462 e. The van der Waals surface area contributed by atoms with Crippen LogP contribution in [0.3, 0.4) is 0 Å². The molecule has 0 aliphatic rings. The molecular formula is C56H97NO5. The van der Waals surface area contributed by atoms with Crippen molar-refractivity contribution in [2.75, 3.05) is 6.61 Å². The molecule has 3 atom stereocenters. The number of aliphatic hydroxyl groups is 2. The fourth-order valence-electron chi connectivity index (χ4n) is 7.24. The highest BCUT2D eigenvalue weighted by Gasteiger charge is 2.24. The summed E-state index contributed by atoms with van der Waals surface area (Å²) in [4.78, 5) is 26.1. The third kappa shape index (κ3) is 43.7. The summed E-state index contributed by atoms with van der Waals surface area (Å²) in [5, 5.41) is 23.7. The molecule has 0 saturated carbocycles. The van der Waals surface area contributed by atoms with Gasteiger partial charge in [-0.2, -0.15) is 0 Å². The van der Waals surface area contributed by atoms with E-state index in [1.807, 2.05) is 0 Å². The van der Waals surface area contributed by atoms with Gasteiger partial charge in [-0.25, -0.2) is 0 Å². The van der Waals surface area contributed by atoms with Crippen LogP contribution in [0.1, 0.15) is 233 Å². The minimum atomic E-state index is -0.806. The predicted octanol–water partition coefficient (Wildman–Crippen LogP) is 15.6. The van der Waals surface area contributed by atoms with Crippen molar-refractivity contribution in [1.29, 1.82) is 0 Å². The lowest BCUT2D eigenvalue weighted by atomic mass is 10.0. The highest BCUT2D eigenvalue weighted by Crippen LogP contribution is 2.16. The van der Waals surface area contributed by atoms with Crippen molar-refractivity contribution in [2.45, 2.75) is 251 Å². The lowest BCUT2D eigenvalue weighted by molar-refractivity contribution is -0.151. The molecule has 0 aliphatic heterocycles. The van der Waals surface area contributed by atoms with Crippen molar-refractivity contribution in [3.05, 3.63) is 85.1 Å². The van der Waals surface area contributed by atoms with Crippen LogP contribution in [0.2, 0.25) is 0 Å². The second kappa shape index (κ2) is 49.1. The molecule has 0 fully saturated rings. The van der Waals surface area contributed by atoms with E-state index in [2.05, 4.69) is 111 Å². The second-order valence-electron chi connectivity index (χ2n) is 17.2. The lowest BCUT2D eigenvalue weighted by Gasteiger charge is -2.24. The normalized spacial score (nSPS) is 14.0. The summed E-state index contributed by atoms with van der Waals surface area (Å²) in [6, 6.07) is -0.724. The van der Waals surface area contributed by atoms with Crippen LogP contribution in [0.4, 0.5) is 0 Å². The molecule has 0 spiro atoms. The van der Waals surface area contributed by atoms with E-state index in [1.165, 1.54) is 89.9 Å². The van der Waals surface area contributed by atoms with Gasteiger partial charge in [-0.1, -0.05) is 196 Å². The van der Waals surface area contributed by atoms with Crippen LogP contribution >= 0.6 is 0 Å². The Labute approximate surface area is 383 Å². The molecule has 0 bridgehead atoms. The number of carbonyl (C=O) groups is 2. The van der Waals surface area contributed by atoms with Crippen molar-refractivity contribution in [3.63, 3.8) is 0 Å². The highest BCUT2D eigenvalue weighted by molar-refractivity contribution is 5.77. The van der Waals surface area contributed by atoms with Crippen molar-refractivity contribution >= 4 is 11.9 Å². The van der Waals surface area contributed by atoms with E-state index < -0.39 is 18.2 Å². The zero-order valence-corrected chi connectivity index (χ0v) is 40.5. The number of aliphatic hydroxyl groups excluding tert-OH is 2. The number of rotatable bonds is 45. The van der Waals surface area contributed by atoms with E-state index in [0.717, 1.165) is 96.3 Å². The number of amides is 1. The van der Waals surface area contributed by atoms with Gasteiger partial charge in [0.2, 0.25) is 5.91 Å². The average Bonchev–Trinajstić information content (AvgIpc) is 3.26. The molecule has 356 valence electrons. The van der Waals surface area contributed by atoms with E-state index in [-0.39, 0.29) is 24.9 Å². The maximum Gasteiger partial charge on any atom is 0.306 e. The smallest absolute Gasteiger partial charge is 0.306 e. The summed E-state index contributed by atoms with van der Waals surface area (Å²) in [5.41, 5.74) is 0. The Morgan fingerprint density at radius 3 is 1.27 bits per heavy atom. The van der Waals surface area contributed by atoms with Gasteiger partial charge in [0.15, 0.2) is 0 Å². The van der Waals surface area contributed by atoms with E-state index in [4.69, 9.17) is 4.74 Å². The van der Waals surface area contributed by atoms with Crippen LogP contribution in [0.15, 0.2) is 85.1 Å². The first kappa shape index (κ1) is 59.0. The fourth-order valence-corrected chi connectivity index (χ4v) is 7.24. The minimum absolute atomic E-state index is 0.0345. The summed E-state index contributed by atoms with van der Waals surface area (Å²) in [7, 11) is 0. The van der Waals surface area contributed by atoms with Gasteiger partial charge < -0.3 is 20.3 Å². The van der Waals surface area contributed by atoms with Gasteiger partial charge in [-0.3, -0.25) is 9.59 Å². The molecule has 0 aromatic carbocycles. The maximum atomic E-state index is 13.2. The van der Waals surface area contributed by atoms with Gasteiger partial charge in [0.1, 0.15) is 6.10 Å². The van der Waals surface area contributed by atoms with Gasteiger partial charge >= 0.3 is 5.97 Å². The van der Waals surface area contributed by atoms with Gasteiger partial charge in [-0.15, -0.1) is 0 Å².